The van der Waals surface area contributed by atoms with Gasteiger partial charge in [0.05, 0.1) is 12.8 Å². The fraction of sp³-hybridized carbons (Fsp3) is 0.133. The van der Waals surface area contributed by atoms with Gasteiger partial charge in [-0.25, -0.2) is 4.98 Å². The highest BCUT2D eigenvalue weighted by molar-refractivity contribution is 9.10. The summed E-state index contributed by atoms with van der Waals surface area (Å²) in [6.07, 6.45) is 2.00. The molecular formula is C15H13BrN2O. The Hall–Kier alpha value is -1.81. The Morgan fingerprint density at radius 1 is 1.16 bits per heavy atom. The van der Waals surface area contributed by atoms with Gasteiger partial charge in [0.15, 0.2) is 11.4 Å². The van der Waals surface area contributed by atoms with E-state index in [1.807, 2.05) is 30.5 Å². The van der Waals surface area contributed by atoms with Gasteiger partial charge in [0.2, 0.25) is 0 Å². The average Bonchev–Trinajstić information content (AvgIpc) is 2.77. The first-order valence-electron chi connectivity index (χ1n) is 5.98. The smallest absolute Gasteiger partial charge is 0.180 e. The molecule has 2 heterocycles. The van der Waals surface area contributed by atoms with E-state index in [9.17, 15) is 0 Å². The third-order valence-corrected chi connectivity index (χ3v) is 3.72. The first-order chi connectivity index (χ1) is 9.20. The lowest BCUT2D eigenvalue weighted by atomic mass is 10.1. The van der Waals surface area contributed by atoms with Crippen LogP contribution in [0.2, 0.25) is 0 Å². The molecule has 0 aliphatic rings. The summed E-state index contributed by atoms with van der Waals surface area (Å²) < 4.78 is 8.48. The number of benzene rings is 1. The minimum atomic E-state index is 0.786. The number of methoxy groups -OCH3 is 1. The van der Waals surface area contributed by atoms with Crippen LogP contribution >= 0.6 is 15.9 Å². The second-order valence-electron chi connectivity index (χ2n) is 4.32. The maximum Gasteiger partial charge on any atom is 0.180 e. The summed E-state index contributed by atoms with van der Waals surface area (Å²) in [5.41, 5.74) is 4.04. The van der Waals surface area contributed by atoms with Crippen molar-refractivity contribution >= 4 is 21.6 Å². The number of hydrogen-bond donors (Lipinski definition) is 0. The number of aryl methyl sites for hydroxylation is 1. The maximum atomic E-state index is 5.36. The molecule has 0 aliphatic heterocycles. The lowest BCUT2D eigenvalue weighted by Gasteiger charge is -2.01. The molecule has 19 heavy (non-hydrogen) atoms. The molecule has 0 N–H and O–H groups in total. The molecule has 0 atom stereocenters. The van der Waals surface area contributed by atoms with Crippen LogP contribution < -0.4 is 4.74 Å². The Labute approximate surface area is 120 Å². The van der Waals surface area contributed by atoms with Crippen molar-refractivity contribution in [1.29, 1.82) is 0 Å². The average molecular weight is 317 g/mol. The molecule has 0 saturated heterocycles. The number of imidazole rings is 1. The number of nitrogens with zero attached hydrogens (tertiary/aromatic N) is 2. The summed E-state index contributed by atoms with van der Waals surface area (Å²) >= 11 is 3.45. The van der Waals surface area contributed by atoms with Crippen LogP contribution in [0.15, 0.2) is 47.1 Å². The van der Waals surface area contributed by atoms with Crippen LogP contribution in [0.1, 0.15) is 5.69 Å². The standard InChI is InChI=1S/C15H13BrN2O/c1-10-14(11-5-7-12(16)8-6-11)17-15-13(19-2)4-3-9-18(10)15/h3-9H,1-2H3. The van der Waals surface area contributed by atoms with Gasteiger partial charge in [0.1, 0.15) is 0 Å². The number of halogens is 1. The van der Waals surface area contributed by atoms with Gasteiger partial charge in [-0.05, 0) is 31.2 Å². The zero-order chi connectivity index (χ0) is 13.4. The van der Waals surface area contributed by atoms with Crippen LogP contribution in [-0.2, 0) is 0 Å². The van der Waals surface area contributed by atoms with Gasteiger partial charge in [-0.3, -0.25) is 0 Å². The fourth-order valence-corrected chi connectivity index (χ4v) is 2.47. The van der Waals surface area contributed by atoms with E-state index in [0.717, 1.165) is 32.8 Å². The van der Waals surface area contributed by atoms with E-state index < -0.39 is 0 Å². The van der Waals surface area contributed by atoms with Crippen molar-refractivity contribution in [3.05, 3.63) is 52.8 Å². The maximum absolute atomic E-state index is 5.36. The Morgan fingerprint density at radius 2 is 1.89 bits per heavy atom. The van der Waals surface area contributed by atoms with Crippen LogP contribution in [0, 0.1) is 6.92 Å². The zero-order valence-corrected chi connectivity index (χ0v) is 12.3. The second kappa shape index (κ2) is 4.70. The SMILES string of the molecule is COc1cccn2c(C)c(-c3ccc(Br)cc3)nc12. The van der Waals surface area contributed by atoms with Crippen molar-refractivity contribution < 1.29 is 4.74 Å². The van der Waals surface area contributed by atoms with E-state index in [0.29, 0.717) is 0 Å². The van der Waals surface area contributed by atoms with E-state index in [1.54, 1.807) is 7.11 Å². The summed E-state index contributed by atoms with van der Waals surface area (Å²) in [5, 5.41) is 0. The predicted molar refractivity (Wildman–Crippen MR) is 79.6 cm³/mol. The zero-order valence-electron chi connectivity index (χ0n) is 10.7. The van der Waals surface area contributed by atoms with Crippen molar-refractivity contribution in [2.24, 2.45) is 0 Å². The van der Waals surface area contributed by atoms with Gasteiger partial charge in [-0.1, -0.05) is 28.1 Å². The van der Waals surface area contributed by atoms with Gasteiger partial charge in [0.25, 0.3) is 0 Å². The Balaban J connectivity index is 2.25. The number of pyridine rings is 1. The quantitative estimate of drug-likeness (QED) is 0.712. The van der Waals surface area contributed by atoms with Gasteiger partial charge >= 0.3 is 0 Å². The summed E-state index contributed by atoms with van der Waals surface area (Å²) in [5.74, 6) is 0.786. The van der Waals surface area contributed by atoms with E-state index >= 15 is 0 Å². The van der Waals surface area contributed by atoms with Crippen LogP contribution in [0.5, 0.6) is 5.75 Å². The molecule has 0 aliphatic carbocycles. The van der Waals surface area contributed by atoms with E-state index in [4.69, 9.17) is 9.72 Å². The molecule has 0 fully saturated rings. The molecule has 3 rings (SSSR count). The highest BCUT2D eigenvalue weighted by atomic mass is 79.9. The van der Waals surface area contributed by atoms with Crippen LogP contribution in [0.3, 0.4) is 0 Å². The minimum absolute atomic E-state index is 0.786. The van der Waals surface area contributed by atoms with Crippen molar-refractivity contribution in [2.75, 3.05) is 7.11 Å². The molecule has 0 bridgehead atoms. The third-order valence-electron chi connectivity index (χ3n) is 3.19. The number of rotatable bonds is 2. The monoisotopic (exact) mass is 316 g/mol. The van der Waals surface area contributed by atoms with Gasteiger partial charge in [-0.2, -0.15) is 0 Å². The largest absolute Gasteiger partial charge is 0.493 e. The van der Waals surface area contributed by atoms with Crippen molar-refractivity contribution in [3.8, 4) is 17.0 Å². The molecule has 0 unspecified atom stereocenters. The van der Waals surface area contributed by atoms with Crippen molar-refractivity contribution in [3.63, 3.8) is 0 Å². The fourth-order valence-electron chi connectivity index (χ4n) is 2.20. The Bertz CT molecular complexity index is 732. The molecule has 3 aromatic rings. The summed E-state index contributed by atoms with van der Waals surface area (Å²) in [7, 11) is 1.67. The molecule has 0 spiro atoms. The lowest BCUT2D eigenvalue weighted by molar-refractivity contribution is 0.417. The molecule has 0 amide bonds. The Morgan fingerprint density at radius 3 is 2.58 bits per heavy atom. The summed E-state index contributed by atoms with van der Waals surface area (Å²) in [6, 6.07) is 12.1. The number of fused-ring (bicyclic) bond motifs is 1. The Kier molecular flexibility index (Phi) is 3.03. The third kappa shape index (κ3) is 2.02. The number of aromatic nitrogens is 2. The van der Waals surface area contributed by atoms with Gasteiger partial charge < -0.3 is 9.14 Å². The molecule has 0 saturated carbocycles. The number of ether oxygens (including phenoxy) is 1. The normalized spacial score (nSPS) is 10.9. The second-order valence-corrected chi connectivity index (χ2v) is 5.24. The van der Waals surface area contributed by atoms with Gasteiger partial charge in [-0.15, -0.1) is 0 Å². The van der Waals surface area contributed by atoms with E-state index in [-0.39, 0.29) is 0 Å². The van der Waals surface area contributed by atoms with Crippen LogP contribution in [0.4, 0.5) is 0 Å². The van der Waals surface area contributed by atoms with E-state index in [2.05, 4.69) is 39.4 Å². The first kappa shape index (κ1) is 12.2. The number of hydrogen-bond acceptors (Lipinski definition) is 2. The summed E-state index contributed by atoms with van der Waals surface area (Å²) in [4.78, 5) is 4.71. The van der Waals surface area contributed by atoms with Crippen LogP contribution in [-0.4, -0.2) is 16.5 Å². The van der Waals surface area contributed by atoms with E-state index in [1.165, 1.54) is 0 Å². The lowest BCUT2D eigenvalue weighted by Crippen LogP contribution is -1.90. The topological polar surface area (TPSA) is 26.5 Å². The highest BCUT2D eigenvalue weighted by Gasteiger charge is 2.12. The van der Waals surface area contributed by atoms with Crippen LogP contribution in [0.25, 0.3) is 16.9 Å². The molecule has 2 aromatic heterocycles. The molecule has 4 heteroatoms. The minimum Gasteiger partial charge on any atom is -0.493 e. The molecular weight excluding hydrogens is 304 g/mol. The predicted octanol–water partition coefficient (Wildman–Crippen LogP) is 4.08. The van der Waals surface area contributed by atoms with Gasteiger partial charge in [0, 0.05) is 21.9 Å². The molecule has 0 radical (unpaired) electrons. The molecule has 1 aromatic carbocycles. The van der Waals surface area contributed by atoms with Crippen molar-refractivity contribution in [2.45, 2.75) is 6.92 Å². The molecule has 96 valence electrons. The molecule has 3 nitrogen and oxygen atoms in total. The highest BCUT2D eigenvalue weighted by Crippen LogP contribution is 2.28. The van der Waals surface area contributed by atoms with Crippen molar-refractivity contribution in [1.82, 2.24) is 9.38 Å². The summed E-state index contributed by atoms with van der Waals surface area (Å²) in [6.45, 7) is 2.07. The first-order valence-corrected chi connectivity index (χ1v) is 6.77.